The second-order valence-electron chi connectivity index (χ2n) is 0.545. The summed E-state index contributed by atoms with van der Waals surface area (Å²) in [4.78, 5) is 0. The summed E-state index contributed by atoms with van der Waals surface area (Å²) < 4.78 is 0.811. The molecule has 0 unspecified atom stereocenters. The van der Waals surface area contributed by atoms with Gasteiger partial charge in [0.1, 0.15) is 0 Å². The summed E-state index contributed by atoms with van der Waals surface area (Å²) in [5, 5.41) is 1.25. The first-order chi connectivity index (χ1) is 2.27. The van der Waals surface area contributed by atoms with E-state index in [9.17, 15) is 0 Å². The zero-order valence-electron chi connectivity index (χ0n) is 2.42. The minimum Gasteiger partial charge on any atom is -0.163 e. The summed E-state index contributed by atoms with van der Waals surface area (Å²) in [6.07, 6.45) is 0. The molecule has 0 N–H and O–H groups in total. The molecule has 5 heteroatoms. The summed E-state index contributed by atoms with van der Waals surface area (Å²) in [5.74, 6) is 0. The molecule has 0 rings (SSSR count). The Labute approximate surface area is 73.2 Å². The molecular weight excluding hydrogens is 402 g/mol. The summed E-state index contributed by atoms with van der Waals surface area (Å²) >= 11 is 7.13. The van der Waals surface area contributed by atoms with Gasteiger partial charge in [-0.2, -0.15) is 22.4 Å². The third-order valence-electron chi connectivity index (χ3n) is 0.117. The zero-order chi connectivity index (χ0) is 4.28. The SMILES string of the molecule is IBB(I)I. The number of halogens is 3. The molecule has 0 spiro atoms. The van der Waals surface area contributed by atoms with Gasteiger partial charge in [-0.05, 0) is 0 Å². The van der Waals surface area contributed by atoms with Crippen molar-refractivity contribution in [3.05, 3.63) is 0 Å². The van der Waals surface area contributed by atoms with Crippen molar-refractivity contribution in [3.63, 3.8) is 0 Å². The molecule has 0 nitrogen and oxygen atoms in total. The Bertz CT molecular complexity index is 18.9. The van der Waals surface area contributed by atoms with Crippen LogP contribution in [0.1, 0.15) is 0 Å². The van der Waals surface area contributed by atoms with Gasteiger partial charge < -0.3 is 0 Å². The van der Waals surface area contributed by atoms with Crippen LogP contribution in [0.25, 0.3) is 0 Å². The second kappa shape index (κ2) is 4.48. The molecule has 0 aromatic heterocycles. The molecule has 0 aromatic carbocycles. The van der Waals surface area contributed by atoms with E-state index < -0.39 is 0 Å². The lowest BCUT2D eigenvalue weighted by molar-refractivity contribution is 4.59. The first-order valence-electron chi connectivity index (χ1n) is 1.11. The van der Waals surface area contributed by atoms with Crippen LogP contribution in [0.15, 0.2) is 0 Å². The van der Waals surface area contributed by atoms with Crippen LogP contribution in [-0.4, -0.2) is 7.34 Å². The molecule has 0 aliphatic heterocycles. The molecule has 5 heavy (non-hydrogen) atoms. The molecule has 0 saturated carbocycles. The topological polar surface area (TPSA) is 0 Å². The molecule has 0 heterocycles. The van der Waals surface area contributed by atoms with Crippen molar-refractivity contribution in [2.75, 3.05) is 0 Å². The molecule has 0 saturated heterocycles. The van der Waals surface area contributed by atoms with Gasteiger partial charge in [0.15, 0.2) is 5.03 Å². The Morgan fingerprint density at radius 3 is 1.60 bits per heavy atom. The average Bonchev–Trinajstić information content (AvgIpc) is 1.38. The smallest absolute Gasteiger partial charge is 0.163 e. The minimum absolute atomic E-state index is 0.811. The summed E-state index contributed by atoms with van der Waals surface area (Å²) in [6.45, 7) is 0. The van der Waals surface area contributed by atoms with Crippen LogP contribution in [-0.2, 0) is 0 Å². The van der Waals surface area contributed by atoms with Gasteiger partial charge in [-0.25, -0.2) is 0 Å². The lowest BCUT2D eigenvalue weighted by atomic mass is 9.80. The fraction of sp³-hybridized carbons (Fsp3) is 0. The number of hydrogen-bond donors (Lipinski definition) is 0. The summed E-state index contributed by atoms with van der Waals surface area (Å²) in [5.41, 5.74) is 0. The van der Waals surface area contributed by atoms with E-state index in [1.807, 2.05) is 0 Å². The van der Waals surface area contributed by atoms with Crippen LogP contribution >= 0.6 is 67.1 Å². The lowest BCUT2D eigenvalue weighted by Gasteiger charge is -1.74. The molecule has 0 atom stereocenters. The highest BCUT2D eigenvalue weighted by molar-refractivity contribution is 14.3. The Kier molecular flexibility index (Phi) is 6.56. The highest BCUT2D eigenvalue weighted by Crippen LogP contribution is 2.03. The van der Waals surface area contributed by atoms with Crippen molar-refractivity contribution in [2.45, 2.75) is 0 Å². The van der Waals surface area contributed by atoms with Crippen LogP contribution in [0.4, 0.5) is 0 Å². The van der Waals surface area contributed by atoms with Crippen LogP contribution in [0.5, 0.6) is 0 Å². The zero-order valence-corrected chi connectivity index (χ0v) is 8.89. The van der Waals surface area contributed by atoms with Crippen LogP contribution < -0.4 is 0 Å². The quantitative estimate of drug-likeness (QED) is 0.461. The molecule has 0 aliphatic carbocycles. The maximum Gasteiger partial charge on any atom is 0.266 e. The van der Waals surface area contributed by atoms with Gasteiger partial charge in [0.2, 0.25) is 0 Å². The summed E-state index contributed by atoms with van der Waals surface area (Å²) in [6, 6.07) is 0. The third kappa shape index (κ3) is 6.32. The van der Waals surface area contributed by atoms with Crippen molar-refractivity contribution in [1.82, 2.24) is 0 Å². The Hall–Kier alpha value is 2.32. The van der Waals surface area contributed by atoms with Crippen molar-refractivity contribution in [2.24, 2.45) is 0 Å². The van der Waals surface area contributed by atoms with E-state index in [-0.39, 0.29) is 0 Å². The van der Waals surface area contributed by atoms with E-state index in [0.29, 0.717) is 0 Å². The van der Waals surface area contributed by atoms with E-state index in [2.05, 4.69) is 67.1 Å². The van der Waals surface area contributed by atoms with Crippen molar-refractivity contribution in [3.8, 4) is 0 Å². The number of rotatable bonds is 1. The monoisotopic (exact) mass is 404 g/mol. The van der Waals surface area contributed by atoms with E-state index in [0.717, 1.165) is 2.32 Å². The second-order valence-corrected chi connectivity index (χ2v) is 6.82. The third-order valence-corrected chi connectivity index (χ3v) is 5.25. The van der Waals surface area contributed by atoms with Gasteiger partial charge in [-0.3, -0.25) is 0 Å². The highest BCUT2D eigenvalue weighted by atomic mass is 127. The molecule has 28 valence electrons. The fourth-order valence-electron chi connectivity index (χ4n) is 0. The molecule has 0 fully saturated rings. The molecular formula is HB2I3. The van der Waals surface area contributed by atoms with Gasteiger partial charge in [0.25, 0.3) is 2.32 Å². The Balaban J connectivity index is 2.54. The maximum absolute atomic E-state index is 2.39. The van der Waals surface area contributed by atoms with Gasteiger partial charge in [0.05, 0.1) is 0 Å². The summed E-state index contributed by atoms with van der Waals surface area (Å²) in [7, 11) is 0. The van der Waals surface area contributed by atoms with Crippen molar-refractivity contribution >= 4 is 74.5 Å². The van der Waals surface area contributed by atoms with Crippen LogP contribution in [0.3, 0.4) is 0 Å². The molecule has 0 aromatic rings. The van der Waals surface area contributed by atoms with Gasteiger partial charge in [-0.15, -0.1) is 44.7 Å². The Morgan fingerprint density at radius 2 is 1.60 bits per heavy atom. The average molecular weight is 403 g/mol. The van der Waals surface area contributed by atoms with Gasteiger partial charge in [-0.1, -0.05) is 0 Å². The van der Waals surface area contributed by atoms with Gasteiger partial charge in [0, 0.05) is 0 Å². The van der Waals surface area contributed by atoms with E-state index >= 15 is 0 Å². The predicted molar refractivity (Wildman–Crippen MR) is 55.0 cm³/mol. The maximum atomic E-state index is 2.39. The Morgan fingerprint density at radius 1 is 1.40 bits per heavy atom. The normalized spacial score (nSPS) is 7.00. The fourth-order valence-corrected chi connectivity index (χ4v) is 0. The first kappa shape index (κ1) is 7.32. The molecule has 0 amide bonds. The minimum atomic E-state index is 0.811. The van der Waals surface area contributed by atoms with Crippen LogP contribution in [0.2, 0.25) is 0 Å². The predicted octanol–water partition coefficient (Wildman–Crippen LogP) is 1.63. The van der Waals surface area contributed by atoms with Gasteiger partial charge >= 0.3 is 0 Å². The molecule has 0 bridgehead atoms. The molecule has 0 radical (unpaired) electrons. The standard InChI is InChI=1S/B2HI3/c3-1-2(4)5/h1H. The lowest BCUT2D eigenvalue weighted by Crippen LogP contribution is -1.93. The van der Waals surface area contributed by atoms with Crippen molar-refractivity contribution in [1.29, 1.82) is 0 Å². The molecule has 0 aliphatic rings. The van der Waals surface area contributed by atoms with Crippen molar-refractivity contribution < 1.29 is 0 Å². The largest absolute Gasteiger partial charge is 0.266 e. The van der Waals surface area contributed by atoms with E-state index in [4.69, 9.17) is 0 Å². The van der Waals surface area contributed by atoms with Crippen LogP contribution in [0, 0.1) is 0 Å². The highest BCUT2D eigenvalue weighted by Gasteiger charge is 1.98. The van der Waals surface area contributed by atoms with E-state index in [1.54, 1.807) is 0 Å². The number of hydrogen-bond acceptors (Lipinski definition) is 0. The first-order valence-corrected chi connectivity index (χ1v) is 5.13. The van der Waals surface area contributed by atoms with E-state index in [1.165, 1.54) is 5.03 Å².